The van der Waals surface area contributed by atoms with Crippen molar-refractivity contribution < 1.29 is 17.9 Å². The van der Waals surface area contributed by atoms with Crippen molar-refractivity contribution in [2.45, 2.75) is 36.8 Å². The third kappa shape index (κ3) is 4.44. The molecular weight excluding hydrogens is 316 g/mol. The summed E-state index contributed by atoms with van der Waals surface area (Å²) in [5, 5.41) is 0. The Balaban J connectivity index is 1.58. The van der Waals surface area contributed by atoms with Crippen LogP contribution in [0.15, 0.2) is 29.2 Å². The van der Waals surface area contributed by atoms with Gasteiger partial charge >= 0.3 is 0 Å². The van der Waals surface area contributed by atoms with Gasteiger partial charge in [-0.2, -0.15) is 0 Å². The molecule has 0 aromatic heterocycles. The number of hydrogen-bond donors (Lipinski definition) is 1. The van der Waals surface area contributed by atoms with Crippen LogP contribution in [0.1, 0.15) is 19.8 Å². The number of hydrogen-bond acceptors (Lipinski definition) is 5. The fourth-order valence-corrected chi connectivity index (χ4v) is 3.92. The van der Waals surface area contributed by atoms with Crippen molar-refractivity contribution in [1.29, 1.82) is 0 Å². The van der Waals surface area contributed by atoms with Gasteiger partial charge in [0.05, 0.1) is 24.2 Å². The van der Waals surface area contributed by atoms with Gasteiger partial charge in [-0.05, 0) is 31.9 Å². The molecule has 1 aromatic rings. The van der Waals surface area contributed by atoms with Crippen LogP contribution in [0, 0.1) is 0 Å². The van der Waals surface area contributed by atoms with Crippen LogP contribution in [-0.4, -0.2) is 58.3 Å². The maximum absolute atomic E-state index is 12.4. The summed E-state index contributed by atoms with van der Waals surface area (Å²) < 4.78 is 38.6. The number of morpholine rings is 1. The van der Waals surface area contributed by atoms with E-state index in [4.69, 9.17) is 9.47 Å². The summed E-state index contributed by atoms with van der Waals surface area (Å²) in [6.45, 7) is 5.08. The molecule has 1 atom stereocenters. The van der Waals surface area contributed by atoms with Gasteiger partial charge in [-0.15, -0.1) is 0 Å². The van der Waals surface area contributed by atoms with Crippen molar-refractivity contribution in [3.63, 3.8) is 0 Å². The molecule has 1 aromatic carbocycles. The number of ether oxygens (including phenoxy) is 2. The van der Waals surface area contributed by atoms with Crippen LogP contribution in [0.2, 0.25) is 0 Å². The van der Waals surface area contributed by atoms with E-state index in [0.29, 0.717) is 31.5 Å². The lowest BCUT2D eigenvalue weighted by atomic mass is 10.2. The van der Waals surface area contributed by atoms with Crippen molar-refractivity contribution in [3.05, 3.63) is 24.3 Å². The molecule has 1 N–H and O–H groups in total. The second-order valence-corrected chi connectivity index (χ2v) is 7.75. The monoisotopic (exact) mass is 340 g/mol. The van der Waals surface area contributed by atoms with Gasteiger partial charge in [0, 0.05) is 31.7 Å². The zero-order valence-electron chi connectivity index (χ0n) is 13.4. The normalized spacial score (nSPS) is 22.9. The first-order valence-electron chi connectivity index (χ1n) is 8.16. The predicted molar refractivity (Wildman–Crippen MR) is 87.1 cm³/mol. The molecule has 2 aliphatic rings. The third-order valence-electron chi connectivity index (χ3n) is 4.16. The molecule has 0 radical (unpaired) electrons. The maximum atomic E-state index is 12.4. The fraction of sp³-hybridized carbons (Fsp3) is 0.625. The highest BCUT2D eigenvalue weighted by atomic mass is 32.2. The van der Waals surface area contributed by atoms with Gasteiger partial charge < -0.3 is 9.47 Å². The van der Waals surface area contributed by atoms with Crippen LogP contribution in [0.4, 0.5) is 0 Å². The molecule has 7 heteroatoms. The molecule has 6 nitrogen and oxygen atoms in total. The first-order valence-corrected chi connectivity index (χ1v) is 9.65. The Bertz CT molecular complexity index is 631. The molecule has 2 fully saturated rings. The molecule has 1 saturated heterocycles. The van der Waals surface area contributed by atoms with E-state index in [0.717, 1.165) is 13.1 Å². The van der Waals surface area contributed by atoms with E-state index >= 15 is 0 Å². The van der Waals surface area contributed by atoms with Crippen molar-refractivity contribution >= 4 is 10.0 Å². The Kier molecular flexibility index (Phi) is 5.21. The third-order valence-corrected chi connectivity index (χ3v) is 5.58. The summed E-state index contributed by atoms with van der Waals surface area (Å²) in [5.41, 5.74) is 0. The van der Waals surface area contributed by atoms with Gasteiger partial charge in [-0.3, -0.25) is 4.90 Å². The summed E-state index contributed by atoms with van der Waals surface area (Å²) in [5.74, 6) is 0.559. The van der Waals surface area contributed by atoms with E-state index in [1.54, 1.807) is 24.3 Å². The minimum absolute atomic E-state index is 0.0887. The Hall–Kier alpha value is -1.15. The highest BCUT2D eigenvalue weighted by Gasteiger charge is 2.33. The van der Waals surface area contributed by atoms with Gasteiger partial charge in [-0.25, -0.2) is 13.1 Å². The summed E-state index contributed by atoms with van der Waals surface area (Å²) >= 11 is 0. The Morgan fingerprint density at radius 2 is 2.22 bits per heavy atom. The molecule has 0 bridgehead atoms. The Labute approximate surface area is 137 Å². The van der Waals surface area contributed by atoms with Crippen molar-refractivity contribution in [1.82, 2.24) is 9.62 Å². The van der Waals surface area contributed by atoms with Crippen LogP contribution in [-0.2, 0) is 14.8 Å². The molecule has 128 valence electrons. The smallest absolute Gasteiger partial charge is 0.240 e. The molecule has 0 spiro atoms. The summed E-state index contributed by atoms with van der Waals surface area (Å²) in [4.78, 5) is 2.62. The molecule has 23 heavy (non-hydrogen) atoms. The van der Waals surface area contributed by atoms with Crippen LogP contribution < -0.4 is 9.46 Å². The average molecular weight is 340 g/mol. The van der Waals surface area contributed by atoms with E-state index in [-0.39, 0.29) is 11.0 Å². The fourth-order valence-electron chi connectivity index (χ4n) is 2.82. The van der Waals surface area contributed by atoms with Crippen molar-refractivity contribution in [3.8, 4) is 5.75 Å². The molecule has 1 saturated carbocycles. The average Bonchev–Trinajstić information content (AvgIpc) is 3.39. The minimum Gasteiger partial charge on any atom is -0.494 e. The second-order valence-electron chi connectivity index (χ2n) is 5.98. The number of benzene rings is 1. The lowest BCUT2D eigenvalue weighted by molar-refractivity contribution is -0.0277. The summed E-state index contributed by atoms with van der Waals surface area (Å²) in [6.07, 6.45) is 2.42. The van der Waals surface area contributed by atoms with Gasteiger partial charge in [0.2, 0.25) is 10.0 Å². The SMILES string of the molecule is CCOc1cccc(S(=O)(=O)NCC2CN(C3CC3)CCO2)c1. The molecular formula is C16H24N2O4S. The topological polar surface area (TPSA) is 67.9 Å². The summed E-state index contributed by atoms with van der Waals surface area (Å²) in [6, 6.07) is 7.24. The number of nitrogens with one attached hydrogen (secondary N) is 1. The van der Waals surface area contributed by atoms with Crippen LogP contribution >= 0.6 is 0 Å². The van der Waals surface area contributed by atoms with Gasteiger partial charge in [0.1, 0.15) is 5.75 Å². The molecule has 0 amide bonds. The standard InChI is InChI=1S/C16H24N2O4S/c1-2-21-14-4-3-5-16(10-14)23(19,20)17-11-15-12-18(8-9-22-15)13-6-7-13/h3-5,10,13,15,17H,2,6-9,11-12H2,1H3. The zero-order chi connectivity index (χ0) is 16.3. The highest BCUT2D eigenvalue weighted by molar-refractivity contribution is 7.89. The van der Waals surface area contributed by atoms with Crippen LogP contribution in [0.5, 0.6) is 5.75 Å². The van der Waals surface area contributed by atoms with Gasteiger partial charge in [0.15, 0.2) is 0 Å². The number of rotatable bonds is 7. The summed E-state index contributed by atoms with van der Waals surface area (Å²) in [7, 11) is -3.55. The Morgan fingerprint density at radius 3 is 2.96 bits per heavy atom. The maximum Gasteiger partial charge on any atom is 0.240 e. The largest absolute Gasteiger partial charge is 0.494 e. The van der Waals surface area contributed by atoms with E-state index in [9.17, 15) is 8.42 Å². The van der Waals surface area contributed by atoms with Crippen LogP contribution in [0.25, 0.3) is 0 Å². The first kappa shape index (κ1) is 16.7. The molecule has 3 rings (SSSR count). The van der Waals surface area contributed by atoms with E-state index < -0.39 is 10.0 Å². The molecule has 1 aliphatic carbocycles. The minimum atomic E-state index is -3.55. The quantitative estimate of drug-likeness (QED) is 0.808. The second kappa shape index (κ2) is 7.17. The van der Waals surface area contributed by atoms with E-state index in [2.05, 4.69) is 9.62 Å². The molecule has 1 heterocycles. The lowest BCUT2D eigenvalue weighted by Gasteiger charge is -2.33. The van der Waals surface area contributed by atoms with Crippen LogP contribution in [0.3, 0.4) is 0 Å². The van der Waals surface area contributed by atoms with E-state index in [1.165, 1.54) is 12.8 Å². The first-order chi connectivity index (χ1) is 11.1. The lowest BCUT2D eigenvalue weighted by Crippen LogP contribution is -2.48. The number of sulfonamides is 1. The number of nitrogens with zero attached hydrogens (tertiary/aromatic N) is 1. The Morgan fingerprint density at radius 1 is 1.39 bits per heavy atom. The molecule has 1 aliphatic heterocycles. The zero-order valence-corrected chi connectivity index (χ0v) is 14.2. The highest BCUT2D eigenvalue weighted by Crippen LogP contribution is 2.28. The van der Waals surface area contributed by atoms with E-state index in [1.807, 2.05) is 6.92 Å². The molecule has 1 unspecified atom stereocenters. The van der Waals surface area contributed by atoms with Crippen molar-refractivity contribution in [2.24, 2.45) is 0 Å². The van der Waals surface area contributed by atoms with Gasteiger partial charge in [-0.1, -0.05) is 6.07 Å². The predicted octanol–water partition coefficient (Wildman–Crippen LogP) is 1.23. The van der Waals surface area contributed by atoms with Crippen molar-refractivity contribution in [2.75, 3.05) is 32.8 Å². The van der Waals surface area contributed by atoms with Gasteiger partial charge in [0.25, 0.3) is 0 Å².